The molecule has 0 radical (unpaired) electrons. The Bertz CT molecular complexity index is 394. The number of hydrogen-bond donors (Lipinski definition) is 1. The Balaban J connectivity index is 2.54. The third kappa shape index (κ3) is 1.04. The van der Waals surface area contributed by atoms with Gasteiger partial charge in [0.15, 0.2) is 0 Å². The lowest BCUT2D eigenvalue weighted by Gasteiger charge is -2.17. The van der Waals surface area contributed by atoms with Crippen LogP contribution in [-0.2, 0) is 4.79 Å². The SMILES string of the molecule is Cc1cc2n(n1)C(=O)C(C)C(=O)N2. The lowest BCUT2D eigenvalue weighted by molar-refractivity contribution is -0.118. The summed E-state index contributed by atoms with van der Waals surface area (Å²) in [5.41, 5.74) is 0.720. The molecule has 1 aromatic rings. The molecule has 0 saturated heterocycles. The summed E-state index contributed by atoms with van der Waals surface area (Å²) in [6.45, 7) is 3.34. The van der Waals surface area contributed by atoms with Crippen molar-refractivity contribution in [1.29, 1.82) is 0 Å². The molecule has 1 amide bonds. The van der Waals surface area contributed by atoms with E-state index in [-0.39, 0.29) is 11.8 Å². The molecule has 0 aromatic carbocycles. The van der Waals surface area contributed by atoms with E-state index in [4.69, 9.17) is 0 Å². The molecule has 1 N–H and O–H groups in total. The highest BCUT2D eigenvalue weighted by molar-refractivity contribution is 6.10. The summed E-state index contributed by atoms with van der Waals surface area (Å²) in [7, 11) is 0. The number of anilines is 1. The first-order valence-electron chi connectivity index (χ1n) is 4.01. The first-order chi connectivity index (χ1) is 6.09. The van der Waals surface area contributed by atoms with Crippen LogP contribution in [-0.4, -0.2) is 21.6 Å². The van der Waals surface area contributed by atoms with Gasteiger partial charge in [-0.25, -0.2) is 0 Å². The Labute approximate surface area is 74.7 Å². The van der Waals surface area contributed by atoms with Crippen LogP contribution in [0.15, 0.2) is 6.07 Å². The van der Waals surface area contributed by atoms with Gasteiger partial charge in [0.1, 0.15) is 11.7 Å². The molecule has 1 atom stereocenters. The van der Waals surface area contributed by atoms with Crippen molar-refractivity contribution in [2.24, 2.45) is 5.92 Å². The van der Waals surface area contributed by atoms with E-state index in [9.17, 15) is 9.59 Å². The molecule has 13 heavy (non-hydrogen) atoms. The van der Waals surface area contributed by atoms with E-state index in [1.165, 1.54) is 4.68 Å². The topological polar surface area (TPSA) is 64.0 Å². The number of nitrogens with zero attached hydrogens (tertiary/aromatic N) is 2. The van der Waals surface area contributed by atoms with E-state index in [0.29, 0.717) is 5.82 Å². The minimum Gasteiger partial charge on any atom is -0.310 e. The molecule has 1 unspecified atom stereocenters. The van der Waals surface area contributed by atoms with Gasteiger partial charge in [-0.1, -0.05) is 0 Å². The maximum Gasteiger partial charge on any atom is 0.261 e. The van der Waals surface area contributed by atoms with Crippen LogP contribution in [0.3, 0.4) is 0 Å². The fourth-order valence-electron chi connectivity index (χ4n) is 1.29. The van der Waals surface area contributed by atoms with Gasteiger partial charge in [0.25, 0.3) is 5.91 Å². The van der Waals surface area contributed by atoms with Gasteiger partial charge in [-0.2, -0.15) is 9.78 Å². The standard InChI is InChI=1S/C8H9N3O2/c1-4-3-6-9-7(12)5(2)8(13)11(6)10-4/h3,5H,1-2H3,(H,9,12). The monoisotopic (exact) mass is 179 g/mol. The summed E-state index contributed by atoms with van der Waals surface area (Å²) in [5, 5.41) is 6.57. The molecule has 0 fully saturated rings. The highest BCUT2D eigenvalue weighted by Crippen LogP contribution is 2.18. The van der Waals surface area contributed by atoms with Crippen LogP contribution in [0.5, 0.6) is 0 Å². The van der Waals surface area contributed by atoms with Crippen molar-refractivity contribution < 1.29 is 9.59 Å². The average Bonchev–Trinajstić information content (AvgIpc) is 2.42. The normalized spacial score (nSPS) is 21.2. The first kappa shape index (κ1) is 7.97. The zero-order valence-corrected chi connectivity index (χ0v) is 7.37. The van der Waals surface area contributed by atoms with Gasteiger partial charge >= 0.3 is 0 Å². The summed E-state index contributed by atoms with van der Waals surface area (Å²) in [6.07, 6.45) is 0. The van der Waals surface area contributed by atoms with Gasteiger partial charge in [-0.05, 0) is 13.8 Å². The second kappa shape index (κ2) is 2.42. The van der Waals surface area contributed by atoms with E-state index >= 15 is 0 Å². The second-order valence-electron chi connectivity index (χ2n) is 3.13. The van der Waals surface area contributed by atoms with E-state index in [0.717, 1.165) is 5.69 Å². The van der Waals surface area contributed by atoms with Crippen LogP contribution in [0, 0.1) is 12.8 Å². The molecule has 1 aliphatic rings. The minimum absolute atomic E-state index is 0.266. The van der Waals surface area contributed by atoms with E-state index in [1.807, 2.05) is 0 Å². The van der Waals surface area contributed by atoms with Gasteiger partial charge < -0.3 is 5.32 Å². The Kier molecular flexibility index (Phi) is 1.48. The van der Waals surface area contributed by atoms with Gasteiger partial charge in [-0.15, -0.1) is 0 Å². The molecule has 2 heterocycles. The zero-order chi connectivity index (χ0) is 9.59. The predicted octanol–water partition coefficient (Wildman–Crippen LogP) is 0.420. The highest BCUT2D eigenvalue weighted by Gasteiger charge is 2.31. The van der Waals surface area contributed by atoms with Crippen molar-refractivity contribution in [2.45, 2.75) is 13.8 Å². The zero-order valence-electron chi connectivity index (χ0n) is 7.37. The number of amides is 1. The number of fused-ring (bicyclic) bond motifs is 1. The van der Waals surface area contributed by atoms with Crippen LogP contribution >= 0.6 is 0 Å². The van der Waals surface area contributed by atoms with E-state index < -0.39 is 5.92 Å². The maximum atomic E-state index is 11.5. The predicted molar refractivity (Wildman–Crippen MR) is 45.4 cm³/mol. The van der Waals surface area contributed by atoms with E-state index in [1.54, 1.807) is 19.9 Å². The molecular weight excluding hydrogens is 170 g/mol. The van der Waals surface area contributed by atoms with Crippen LogP contribution in [0.1, 0.15) is 17.4 Å². The lowest BCUT2D eigenvalue weighted by atomic mass is 10.1. The summed E-state index contributed by atoms with van der Waals surface area (Å²) in [4.78, 5) is 22.7. The van der Waals surface area contributed by atoms with Crippen LogP contribution < -0.4 is 5.32 Å². The quantitative estimate of drug-likeness (QED) is 0.587. The second-order valence-corrected chi connectivity index (χ2v) is 3.13. The van der Waals surface area contributed by atoms with Gasteiger partial charge in [0.05, 0.1) is 5.69 Å². The third-order valence-corrected chi connectivity index (χ3v) is 2.06. The first-order valence-corrected chi connectivity index (χ1v) is 4.01. The molecule has 1 aliphatic heterocycles. The molecule has 5 nitrogen and oxygen atoms in total. The largest absolute Gasteiger partial charge is 0.310 e. The summed E-state index contributed by atoms with van der Waals surface area (Å²) < 4.78 is 1.24. The third-order valence-electron chi connectivity index (χ3n) is 2.06. The van der Waals surface area contributed by atoms with Crippen molar-refractivity contribution in [3.05, 3.63) is 11.8 Å². The fourth-order valence-corrected chi connectivity index (χ4v) is 1.29. The molecule has 2 rings (SSSR count). The minimum atomic E-state index is -0.646. The van der Waals surface area contributed by atoms with Crippen LogP contribution in [0.4, 0.5) is 5.82 Å². The van der Waals surface area contributed by atoms with Crippen molar-refractivity contribution in [3.8, 4) is 0 Å². The number of rotatable bonds is 0. The van der Waals surface area contributed by atoms with Gasteiger partial charge in [-0.3, -0.25) is 9.59 Å². The summed E-state index contributed by atoms with van der Waals surface area (Å²) >= 11 is 0. The number of carbonyl (C=O) groups excluding carboxylic acids is 2. The van der Waals surface area contributed by atoms with Gasteiger partial charge in [0, 0.05) is 6.07 Å². The molecular formula is C8H9N3O2. The Morgan fingerprint density at radius 2 is 2.23 bits per heavy atom. The fraction of sp³-hybridized carbons (Fsp3) is 0.375. The maximum absolute atomic E-state index is 11.5. The Morgan fingerprint density at radius 1 is 1.54 bits per heavy atom. The molecule has 0 bridgehead atoms. The van der Waals surface area contributed by atoms with E-state index in [2.05, 4.69) is 10.4 Å². The summed E-state index contributed by atoms with van der Waals surface area (Å²) in [6, 6.07) is 1.67. The number of aromatic nitrogens is 2. The number of nitrogens with one attached hydrogen (secondary N) is 1. The number of aryl methyl sites for hydroxylation is 1. The lowest BCUT2D eigenvalue weighted by Crippen LogP contribution is -2.37. The molecule has 0 spiro atoms. The molecule has 68 valence electrons. The smallest absolute Gasteiger partial charge is 0.261 e. The van der Waals surface area contributed by atoms with Crippen molar-refractivity contribution >= 4 is 17.6 Å². The molecule has 1 aromatic heterocycles. The number of hydrogen-bond acceptors (Lipinski definition) is 3. The highest BCUT2D eigenvalue weighted by atomic mass is 16.2. The van der Waals surface area contributed by atoms with Crippen LogP contribution in [0.25, 0.3) is 0 Å². The van der Waals surface area contributed by atoms with Gasteiger partial charge in [0.2, 0.25) is 5.91 Å². The molecule has 0 aliphatic carbocycles. The van der Waals surface area contributed by atoms with Crippen molar-refractivity contribution in [1.82, 2.24) is 9.78 Å². The van der Waals surface area contributed by atoms with Crippen molar-refractivity contribution in [2.75, 3.05) is 5.32 Å². The van der Waals surface area contributed by atoms with Crippen molar-refractivity contribution in [3.63, 3.8) is 0 Å². The Morgan fingerprint density at radius 3 is 2.92 bits per heavy atom. The molecule has 5 heteroatoms. The average molecular weight is 179 g/mol. The summed E-state index contributed by atoms with van der Waals surface area (Å²) in [5.74, 6) is -0.721. The number of carbonyl (C=O) groups is 2. The van der Waals surface area contributed by atoms with Crippen LogP contribution in [0.2, 0.25) is 0 Å². The molecule has 0 saturated carbocycles. The Hall–Kier alpha value is -1.65.